The van der Waals surface area contributed by atoms with E-state index in [1.165, 1.54) is 0 Å². The number of nitrogens with zero attached hydrogens (tertiary/aromatic N) is 2. The van der Waals surface area contributed by atoms with E-state index in [4.69, 9.17) is 57.9 Å². The van der Waals surface area contributed by atoms with Gasteiger partial charge in [0.15, 0.2) is 0 Å². The highest BCUT2D eigenvalue weighted by atomic mass is 35.5. The highest BCUT2D eigenvalue weighted by molar-refractivity contribution is 6.34. The van der Waals surface area contributed by atoms with Crippen LogP contribution in [0.1, 0.15) is 36.8 Å². The maximum atomic E-state index is 6.13. The van der Waals surface area contributed by atoms with Gasteiger partial charge in [0.2, 0.25) is 0 Å². The van der Waals surface area contributed by atoms with E-state index >= 15 is 0 Å². The Bertz CT molecular complexity index is 792. The Morgan fingerprint density at radius 2 is 0.969 bits per heavy atom. The van der Waals surface area contributed by atoms with E-state index in [0.29, 0.717) is 12.1 Å². The van der Waals surface area contributed by atoms with Crippen molar-refractivity contribution < 1.29 is 0 Å². The number of benzene rings is 2. The van der Waals surface area contributed by atoms with Gasteiger partial charge in [0.05, 0.1) is 0 Å². The van der Waals surface area contributed by atoms with E-state index in [9.17, 15) is 0 Å². The molecule has 4 nitrogen and oxygen atoms in total. The first kappa shape index (κ1) is 26.1. The Morgan fingerprint density at radius 1 is 0.625 bits per heavy atom. The summed E-state index contributed by atoms with van der Waals surface area (Å²) in [6, 6.07) is 12.0. The lowest BCUT2D eigenvalue weighted by atomic mass is 10.1. The Morgan fingerprint density at radius 3 is 1.31 bits per heavy atom. The quantitative estimate of drug-likeness (QED) is 0.535. The maximum absolute atomic E-state index is 6.13. The van der Waals surface area contributed by atoms with E-state index in [1.54, 1.807) is 0 Å². The predicted molar refractivity (Wildman–Crippen MR) is 138 cm³/mol. The topological polar surface area (TPSA) is 58.5 Å². The molecule has 0 saturated carbocycles. The number of rotatable bonds is 4. The molecule has 4 N–H and O–H groups in total. The molecule has 0 aromatic heterocycles. The molecule has 0 unspecified atom stereocenters. The largest absolute Gasteiger partial charge is 0.328 e. The van der Waals surface area contributed by atoms with Crippen LogP contribution in [0.2, 0.25) is 20.1 Å². The third-order valence-corrected chi connectivity index (χ3v) is 7.28. The Hall–Kier alpha value is -0.560. The zero-order chi connectivity index (χ0) is 23.1. The van der Waals surface area contributed by atoms with Gasteiger partial charge in [-0.2, -0.15) is 0 Å². The Kier molecular flexibility index (Phi) is 10.4. The molecule has 0 aliphatic carbocycles. The summed E-state index contributed by atoms with van der Waals surface area (Å²) in [7, 11) is 0. The number of halogens is 4. The molecule has 0 spiro atoms. The average molecular weight is 518 g/mol. The molecule has 2 fully saturated rings. The SMILES string of the molecule is NC1CCN(Cc2cc(Cl)ccc2Cl)CC1.NC1CCN(Cc2cc(Cl)ccc2Cl)CC1. The Labute approximate surface area is 211 Å². The van der Waals surface area contributed by atoms with Crippen LogP contribution in [0.5, 0.6) is 0 Å². The van der Waals surface area contributed by atoms with Crippen LogP contribution in [0.25, 0.3) is 0 Å². The van der Waals surface area contributed by atoms with Crippen LogP contribution in [0.3, 0.4) is 0 Å². The van der Waals surface area contributed by atoms with E-state index < -0.39 is 0 Å². The molecule has 0 amide bonds. The number of likely N-dealkylation sites (tertiary alicyclic amines) is 2. The first-order valence-corrected chi connectivity index (χ1v) is 12.6. The number of piperidine rings is 2. The fourth-order valence-electron chi connectivity index (χ4n) is 4.03. The minimum Gasteiger partial charge on any atom is -0.328 e. The van der Waals surface area contributed by atoms with Crippen LogP contribution in [0.15, 0.2) is 36.4 Å². The molecule has 2 aromatic carbocycles. The molecule has 32 heavy (non-hydrogen) atoms. The van der Waals surface area contributed by atoms with E-state index in [-0.39, 0.29) is 0 Å². The van der Waals surface area contributed by atoms with Crippen LogP contribution in [0.4, 0.5) is 0 Å². The summed E-state index contributed by atoms with van der Waals surface area (Å²) >= 11 is 24.2. The number of hydrogen-bond acceptors (Lipinski definition) is 4. The normalized spacial score (nSPS) is 18.9. The lowest BCUT2D eigenvalue weighted by Crippen LogP contribution is -2.39. The summed E-state index contributed by atoms with van der Waals surface area (Å²) in [6.07, 6.45) is 4.27. The lowest BCUT2D eigenvalue weighted by molar-refractivity contribution is 0.205. The zero-order valence-electron chi connectivity index (χ0n) is 18.3. The minimum absolute atomic E-state index is 0.367. The molecule has 0 bridgehead atoms. The van der Waals surface area contributed by atoms with Gasteiger partial charge in [-0.25, -0.2) is 0 Å². The van der Waals surface area contributed by atoms with Gasteiger partial charge in [0.1, 0.15) is 0 Å². The van der Waals surface area contributed by atoms with Crippen molar-refractivity contribution in [2.45, 2.75) is 50.9 Å². The molecular weight excluding hydrogens is 486 g/mol. The highest BCUT2D eigenvalue weighted by Gasteiger charge is 2.18. The van der Waals surface area contributed by atoms with Gasteiger partial charge in [-0.05, 0) is 99.4 Å². The van der Waals surface area contributed by atoms with Crippen LogP contribution >= 0.6 is 46.4 Å². The van der Waals surface area contributed by atoms with Gasteiger partial charge in [0, 0.05) is 45.3 Å². The molecular formula is C24H32Cl4N4. The summed E-state index contributed by atoms with van der Waals surface area (Å²) in [4.78, 5) is 4.75. The monoisotopic (exact) mass is 516 g/mol. The molecule has 2 heterocycles. The molecule has 4 rings (SSSR count). The van der Waals surface area contributed by atoms with Gasteiger partial charge in [-0.1, -0.05) is 46.4 Å². The second-order valence-electron chi connectivity index (χ2n) is 8.70. The van der Waals surface area contributed by atoms with Crippen molar-refractivity contribution in [3.63, 3.8) is 0 Å². The summed E-state index contributed by atoms with van der Waals surface area (Å²) in [5.41, 5.74) is 13.9. The van der Waals surface area contributed by atoms with Crippen molar-refractivity contribution in [2.75, 3.05) is 26.2 Å². The first-order chi connectivity index (χ1) is 15.3. The van der Waals surface area contributed by atoms with E-state index in [1.807, 2.05) is 36.4 Å². The summed E-state index contributed by atoms with van der Waals surface area (Å²) in [5.74, 6) is 0. The predicted octanol–water partition coefficient (Wildman–Crippen LogP) is 5.83. The van der Waals surface area contributed by atoms with Gasteiger partial charge >= 0.3 is 0 Å². The van der Waals surface area contributed by atoms with Gasteiger partial charge in [-0.3, -0.25) is 9.80 Å². The van der Waals surface area contributed by atoms with Crippen LogP contribution < -0.4 is 11.5 Å². The van der Waals surface area contributed by atoms with Crippen molar-refractivity contribution in [2.24, 2.45) is 11.5 Å². The average Bonchev–Trinajstić information content (AvgIpc) is 2.77. The van der Waals surface area contributed by atoms with Crippen LogP contribution in [-0.2, 0) is 13.1 Å². The maximum Gasteiger partial charge on any atom is 0.0452 e. The van der Waals surface area contributed by atoms with E-state index in [2.05, 4.69) is 9.80 Å². The number of nitrogens with two attached hydrogens (primary N) is 2. The molecule has 176 valence electrons. The summed E-state index contributed by atoms with van der Waals surface area (Å²) < 4.78 is 0. The summed E-state index contributed by atoms with van der Waals surface area (Å²) in [5, 5.41) is 3.07. The third kappa shape index (κ3) is 8.34. The molecule has 2 aliphatic rings. The van der Waals surface area contributed by atoms with Crippen molar-refractivity contribution in [3.05, 3.63) is 67.6 Å². The van der Waals surface area contributed by atoms with Crippen molar-refractivity contribution in [1.29, 1.82) is 0 Å². The second kappa shape index (κ2) is 12.8. The minimum atomic E-state index is 0.367. The molecule has 0 radical (unpaired) electrons. The van der Waals surface area contributed by atoms with Crippen LogP contribution in [-0.4, -0.2) is 48.1 Å². The fourth-order valence-corrected chi connectivity index (χ4v) is 4.78. The molecule has 2 saturated heterocycles. The fraction of sp³-hybridized carbons (Fsp3) is 0.500. The number of hydrogen-bond donors (Lipinski definition) is 2. The molecule has 2 aromatic rings. The highest BCUT2D eigenvalue weighted by Crippen LogP contribution is 2.24. The van der Waals surface area contributed by atoms with Crippen molar-refractivity contribution in [1.82, 2.24) is 9.80 Å². The van der Waals surface area contributed by atoms with Gasteiger partial charge in [0.25, 0.3) is 0 Å². The summed E-state index contributed by atoms with van der Waals surface area (Å²) in [6.45, 7) is 5.92. The Balaban J connectivity index is 0.000000181. The van der Waals surface area contributed by atoms with Crippen LogP contribution in [0, 0.1) is 0 Å². The third-order valence-electron chi connectivity index (χ3n) is 6.07. The van der Waals surface area contributed by atoms with Gasteiger partial charge < -0.3 is 11.5 Å². The zero-order valence-corrected chi connectivity index (χ0v) is 21.3. The smallest absolute Gasteiger partial charge is 0.0452 e. The first-order valence-electron chi connectivity index (χ1n) is 11.1. The standard InChI is InChI=1S/2C12H16Cl2N2/c2*13-10-1-2-12(14)9(7-10)8-16-5-3-11(15)4-6-16/h2*1-2,7,11H,3-6,8,15H2. The second-order valence-corrected chi connectivity index (χ2v) is 10.4. The van der Waals surface area contributed by atoms with E-state index in [0.717, 1.165) is 96.2 Å². The lowest BCUT2D eigenvalue weighted by Gasteiger charge is -2.30. The molecule has 0 atom stereocenters. The molecule has 8 heteroatoms. The molecule has 2 aliphatic heterocycles. The van der Waals surface area contributed by atoms with Gasteiger partial charge in [-0.15, -0.1) is 0 Å². The van der Waals surface area contributed by atoms with Crippen molar-refractivity contribution in [3.8, 4) is 0 Å². The van der Waals surface area contributed by atoms with Crippen molar-refractivity contribution >= 4 is 46.4 Å².